The number of para-hydroxylation sites is 1. The van der Waals surface area contributed by atoms with Gasteiger partial charge in [-0.15, -0.1) is 0 Å². The molecule has 0 bridgehead atoms. The number of amides is 1. The van der Waals surface area contributed by atoms with Crippen LogP contribution in [0.25, 0.3) is 0 Å². The molecular formula is C17H24N2O2. The molecule has 114 valence electrons. The SMILES string of the molecule is CC1Nc2ccccc2CC1C(=O)NC1(C)CCOCC1. The first kappa shape index (κ1) is 14.4. The van der Waals surface area contributed by atoms with Crippen LogP contribution in [0, 0.1) is 5.92 Å². The Kier molecular flexibility index (Phi) is 3.89. The largest absolute Gasteiger partial charge is 0.382 e. The summed E-state index contributed by atoms with van der Waals surface area (Å²) in [4.78, 5) is 12.7. The van der Waals surface area contributed by atoms with Crippen molar-refractivity contribution in [1.29, 1.82) is 0 Å². The third-order valence-corrected chi connectivity index (χ3v) is 4.80. The quantitative estimate of drug-likeness (QED) is 0.878. The van der Waals surface area contributed by atoms with Crippen molar-refractivity contribution in [3.8, 4) is 0 Å². The summed E-state index contributed by atoms with van der Waals surface area (Å²) in [6.45, 7) is 5.69. The van der Waals surface area contributed by atoms with Gasteiger partial charge in [0.15, 0.2) is 0 Å². The molecule has 1 saturated heterocycles. The zero-order chi connectivity index (χ0) is 14.9. The lowest BCUT2D eigenvalue weighted by Gasteiger charge is -2.38. The molecule has 4 nitrogen and oxygen atoms in total. The van der Waals surface area contributed by atoms with E-state index in [1.807, 2.05) is 12.1 Å². The molecule has 0 spiro atoms. The second-order valence-corrected chi connectivity index (χ2v) is 6.56. The first-order chi connectivity index (χ1) is 10.1. The minimum Gasteiger partial charge on any atom is -0.382 e. The summed E-state index contributed by atoms with van der Waals surface area (Å²) in [5, 5.41) is 6.72. The Hall–Kier alpha value is -1.55. The Labute approximate surface area is 126 Å². The number of rotatable bonds is 2. The lowest BCUT2D eigenvalue weighted by molar-refractivity contribution is -0.128. The van der Waals surface area contributed by atoms with Gasteiger partial charge < -0.3 is 15.4 Å². The minimum absolute atomic E-state index is 0.0143. The van der Waals surface area contributed by atoms with Gasteiger partial charge in [0.2, 0.25) is 5.91 Å². The van der Waals surface area contributed by atoms with Gasteiger partial charge in [0.25, 0.3) is 0 Å². The fourth-order valence-electron chi connectivity index (χ4n) is 3.26. The molecule has 2 atom stereocenters. The number of benzene rings is 1. The maximum atomic E-state index is 12.7. The summed E-state index contributed by atoms with van der Waals surface area (Å²) in [7, 11) is 0. The van der Waals surface area contributed by atoms with Gasteiger partial charge in [0.1, 0.15) is 0 Å². The van der Waals surface area contributed by atoms with E-state index in [1.54, 1.807) is 0 Å². The average molecular weight is 288 g/mol. The van der Waals surface area contributed by atoms with Crippen LogP contribution in [0.15, 0.2) is 24.3 Å². The van der Waals surface area contributed by atoms with E-state index in [1.165, 1.54) is 5.56 Å². The Morgan fingerprint density at radius 2 is 2.05 bits per heavy atom. The van der Waals surface area contributed by atoms with E-state index in [4.69, 9.17) is 4.74 Å². The molecule has 2 aliphatic heterocycles. The average Bonchev–Trinajstić information content (AvgIpc) is 2.46. The summed E-state index contributed by atoms with van der Waals surface area (Å²) in [5.74, 6) is 0.147. The molecule has 2 N–H and O–H groups in total. The van der Waals surface area contributed by atoms with Crippen molar-refractivity contribution < 1.29 is 9.53 Å². The number of nitrogens with one attached hydrogen (secondary N) is 2. The molecule has 0 radical (unpaired) electrons. The van der Waals surface area contributed by atoms with Crippen LogP contribution in [0.3, 0.4) is 0 Å². The van der Waals surface area contributed by atoms with Crippen molar-refractivity contribution in [2.24, 2.45) is 5.92 Å². The van der Waals surface area contributed by atoms with Gasteiger partial charge in [-0.2, -0.15) is 0 Å². The fourth-order valence-corrected chi connectivity index (χ4v) is 3.26. The number of anilines is 1. The van der Waals surface area contributed by atoms with Crippen LogP contribution in [0.2, 0.25) is 0 Å². The van der Waals surface area contributed by atoms with Gasteiger partial charge in [-0.3, -0.25) is 4.79 Å². The molecule has 4 heteroatoms. The number of ether oxygens (including phenoxy) is 1. The monoisotopic (exact) mass is 288 g/mol. The number of fused-ring (bicyclic) bond motifs is 1. The maximum absolute atomic E-state index is 12.7. The summed E-state index contributed by atoms with van der Waals surface area (Å²) >= 11 is 0. The van der Waals surface area contributed by atoms with Crippen LogP contribution in [0.1, 0.15) is 32.3 Å². The molecular weight excluding hydrogens is 264 g/mol. The van der Waals surface area contributed by atoms with Crippen molar-refractivity contribution >= 4 is 11.6 Å². The molecule has 2 aliphatic rings. The third-order valence-electron chi connectivity index (χ3n) is 4.80. The van der Waals surface area contributed by atoms with Gasteiger partial charge in [-0.25, -0.2) is 0 Å². The minimum atomic E-state index is -0.119. The first-order valence-electron chi connectivity index (χ1n) is 7.82. The number of hydrogen-bond acceptors (Lipinski definition) is 3. The molecule has 2 heterocycles. The molecule has 2 unspecified atom stereocenters. The van der Waals surface area contributed by atoms with Crippen LogP contribution < -0.4 is 10.6 Å². The van der Waals surface area contributed by atoms with Crippen molar-refractivity contribution in [3.63, 3.8) is 0 Å². The van der Waals surface area contributed by atoms with E-state index in [9.17, 15) is 4.79 Å². The van der Waals surface area contributed by atoms with E-state index in [-0.39, 0.29) is 23.4 Å². The fraction of sp³-hybridized carbons (Fsp3) is 0.588. The topological polar surface area (TPSA) is 50.4 Å². The van der Waals surface area contributed by atoms with E-state index in [0.717, 1.165) is 38.2 Å². The van der Waals surface area contributed by atoms with Gasteiger partial charge in [0.05, 0.1) is 5.92 Å². The predicted molar refractivity (Wildman–Crippen MR) is 83.3 cm³/mol. The zero-order valence-electron chi connectivity index (χ0n) is 12.8. The Morgan fingerprint density at radius 3 is 2.81 bits per heavy atom. The molecule has 1 amide bonds. The Morgan fingerprint density at radius 1 is 1.33 bits per heavy atom. The highest BCUT2D eigenvalue weighted by Gasteiger charge is 2.35. The molecule has 0 aromatic heterocycles. The number of carbonyl (C=O) groups is 1. The van der Waals surface area contributed by atoms with Crippen LogP contribution in [-0.2, 0) is 16.0 Å². The summed E-state index contributed by atoms with van der Waals surface area (Å²) in [6.07, 6.45) is 2.59. The second-order valence-electron chi connectivity index (χ2n) is 6.56. The molecule has 0 aliphatic carbocycles. The third kappa shape index (κ3) is 3.05. The normalized spacial score (nSPS) is 27.3. The maximum Gasteiger partial charge on any atom is 0.225 e. The van der Waals surface area contributed by atoms with Crippen LogP contribution >= 0.6 is 0 Å². The van der Waals surface area contributed by atoms with Crippen molar-refractivity contribution in [2.75, 3.05) is 18.5 Å². The number of hydrogen-bond donors (Lipinski definition) is 2. The number of carbonyl (C=O) groups excluding carboxylic acids is 1. The van der Waals surface area contributed by atoms with E-state index < -0.39 is 0 Å². The highest BCUT2D eigenvalue weighted by atomic mass is 16.5. The second kappa shape index (κ2) is 5.68. The van der Waals surface area contributed by atoms with Gasteiger partial charge >= 0.3 is 0 Å². The molecule has 0 saturated carbocycles. The lowest BCUT2D eigenvalue weighted by Crippen LogP contribution is -2.54. The highest BCUT2D eigenvalue weighted by molar-refractivity contribution is 5.82. The lowest BCUT2D eigenvalue weighted by atomic mass is 9.85. The van der Waals surface area contributed by atoms with Crippen molar-refractivity contribution in [1.82, 2.24) is 5.32 Å². The summed E-state index contributed by atoms with van der Waals surface area (Å²) in [6, 6.07) is 8.40. The predicted octanol–water partition coefficient (Wildman–Crippen LogP) is 2.34. The summed E-state index contributed by atoms with van der Waals surface area (Å²) < 4.78 is 5.40. The van der Waals surface area contributed by atoms with Crippen LogP contribution in [0.4, 0.5) is 5.69 Å². The van der Waals surface area contributed by atoms with Gasteiger partial charge in [-0.1, -0.05) is 18.2 Å². The smallest absolute Gasteiger partial charge is 0.225 e. The van der Waals surface area contributed by atoms with Crippen LogP contribution in [-0.4, -0.2) is 30.7 Å². The van der Waals surface area contributed by atoms with E-state index in [0.29, 0.717) is 0 Å². The van der Waals surface area contributed by atoms with Crippen molar-refractivity contribution in [2.45, 2.75) is 44.7 Å². The molecule has 21 heavy (non-hydrogen) atoms. The van der Waals surface area contributed by atoms with E-state index >= 15 is 0 Å². The Bertz CT molecular complexity index is 523. The molecule has 1 aromatic carbocycles. The molecule has 1 fully saturated rings. The molecule has 1 aromatic rings. The molecule has 3 rings (SSSR count). The first-order valence-corrected chi connectivity index (χ1v) is 7.82. The van der Waals surface area contributed by atoms with Gasteiger partial charge in [0, 0.05) is 30.5 Å². The van der Waals surface area contributed by atoms with E-state index in [2.05, 4.69) is 36.6 Å². The standard InChI is InChI=1S/C17H24N2O2/c1-12-14(11-13-5-3-4-6-15(13)18-12)16(20)19-17(2)7-9-21-10-8-17/h3-6,12,14,18H,7-11H2,1-2H3,(H,19,20). The highest BCUT2D eigenvalue weighted by Crippen LogP contribution is 2.29. The summed E-state index contributed by atoms with van der Waals surface area (Å²) in [5.41, 5.74) is 2.27. The van der Waals surface area contributed by atoms with Crippen molar-refractivity contribution in [3.05, 3.63) is 29.8 Å². The Balaban J connectivity index is 1.70. The zero-order valence-corrected chi connectivity index (χ0v) is 12.8. The van der Waals surface area contributed by atoms with Gasteiger partial charge in [-0.05, 0) is 44.7 Å². The van der Waals surface area contributed by atoms with Crippen LogP contribution in [0.5, 0.6) is 0 Å².